The van der Waals surface area contributed by atoms with Gasteiger partial charge >= 0.3 is 0 Å². The van der Waals surface area contributed by atoms with Crippen LogP contribution in [0.5, 0.6) is 0 Å². The molecule has 28 heavy (non-hydrogen) atoms. The molecule has 0 atom stereocenters. The summed E-state index contributed by atoms with van der Waals surface area (Å²) < 4.78 is 1.50. The molecule has 2 heterocycles. The van der Waals surface area contributed by atoms with Gasteiger partial charge in [-0.2, -0.15) is 0 Å². The quantitative estimate of drug-likeness (QED) is 0.531. The van der Waals surface area contributed by atoms with Crippen molar-refractivity contribution in [3.05, 3.63) is 58.5 Å². The van der Waals surface area contributed by atoms with E-state index in [4.69, 9.17) is 0 Å². The Labute approximate surface area is 167 Å². The van der Waals surface area contributed by atoms with Crippen LogP contribution < -0.4 is 10.9 Å². The molecule has 1 N–H and O–H groups in total. The van der Waals surface area contributed by atoms with E-state index in [2.05, 4.69) is 15.3 Å². The van der Waals surface area contributed by atoms with Gasteiger partial charge in [-0.3, -0.25) is 9.59 Å². The number of aryl methyl sites for hydroxylation is 1. The summed E-state index contributed by atoms with van der Waals surface area (Å²) in [6.07, 6.45) is 6.10. The minimum absolute atomic E-state index is 0.0249. The van der Waals surface area contributed by atoms with Gasteiger partial charge in [0.25, 0.3) is 5.56 Å². The molecule has 144 valence electrons. The first-order valence-corrected chi connectivity index (χ1v) is 10.5. The van der Waals surface area contributed by atoms with Crippen molar-refractivity contribution >= 4 is 28.6 Å². The average molecular weight is 395 g/mol. The SMILES string of the molecule is Cc1ccnc(-n2c(SCC(=O)NC3CCCC3)nc3ccccc3c2=O)c1. The number of pyridine rings is 1. The number of amides is 1. The van der Waals surface area contributed by atoms with Gasteiger partial charge in [-0.25, -0.2) is 14.5 Å². The van der Waals surface area contributed by atoms with Crippen molar-refractivity contribution in [2.45, 2.75) is 43.8 Å². The molecular formula is C21H22N4O2S. The second kappa shape index (κ2) is 8.14. The number of nitrogens with zero attached hydrogens (tertiary/aromatic N) is 3. The summed E-state index contributed by atoms with van der Waals surface area (Å²) in [4.78, 5) is 34.5. The van der Waals surface area contributed by atoms with Gasteiger partial charge in [0, 0.05) is 12.2 Å². The van der Waals surface area contributed by atoms with Crippen LogP contribution >= 0.6 is 11.8 Å². The van der Waals surface area contributed by atoms with Crippen molar-refractivity contribution in [1.29, 1.82) is 0 Å². The fourth-order valence-electron chi connectivity index (χ4n) is 3.52. The lowest BCUT2D eigenvalue weighted by Crippen LogP contribution is -2.34. The number of hydrogen-bond donors (Lipinski definition) is 1. The van der Waals surface area contributed by atoms with E-state index in [-0.39, 0.29) is 23.3 Å². The standard InChI is InChI=1S/C21H22N4O2S/c1-14-10-11-22-18(12-14)25-20(27)16-8-4-5-9-17(16)24-21(25)28-13-19(26)23-15-6-2-3-7-15/h4-5,8-12,15H,2-3,6-7,13H2,1H3,(H,23,26). The third kappa shape index (κ3) is 3.94. The van der Waals surface area contributed by atoms with Gasteiger partial charge < -0.3 is 5.32 Å². The Kier molecular flexibility index (Phi) is 5.43. The Balaban J connectivity index is 1.68. The Bertz CT molecular complexity index is 1070. The molecule has 1 fully saturated rings. The molecule has 1 saturated carbocycles. The number of aromatic nitrogens is 3. The maximum atomic E-state index is 13.2. The number of para-hydroxylation sites is 1. The van der Waals surface area contributed by atoms with Crippen molar-refractivity contribution in [3.63, 3.8) is 0 Å². The summed E-state index contributed by atoms with van der Waals surface area (Å²) in [6, 6.07) is 11.3. The number of carbonyl (C=O) groups excluding carboxylic acids is 1. The highest BCUT2D eigenvalue weighted by Crippen LogP contribution is 2.22. The Morgan fingerprint density at radius 3 is 2.82 bits per heavy atom. The molecule has 1 aromatic carbocycles. The van der Waals surface area contributed by atoms with Gasteiger partial charge in [-0.05, 0) is 49.6 Å². The molecule has 1 amide bonds. The van der Waals surface area contributed by atoms with Crippen molar-refractivity contribution in [2.75, 3.05) is 5.75 Å². The van der Waals surface area contributed by atoms with E-state index in [1.54, 1.807) is 12.3 Å². The summed E-state index contributed by atoms with van der Waals surface area (Å²) in [5.41, 5.74) is 1.44. The van der Waals surface area contributed by atoms with Crippen molar-refractivity contribution < 1.29 is 4.79 Å². The smallest absolute Gasteiger partial charge is 0.267 e. The molecule has 0 radical (unpaired) electrons. The predicted octanol–water partition coefficient (Wildman–Crippen LogP) is 3.24. The predicted molar refractivity (Wildman–Crippen MR) is 111 cm³/mol. The van der Waals surface area contributed by atoms with Gasteiger partial charge in [0.15, 0.2) is 5.16 Å². The van der Waals surface area contributed by atoms with Crippen LogP contribution in [0.25, 0.3) is 16.7 Å². The molecule has 1 aliphatic rings. The third-order valence-electron chi connectivity index (χ3n) is 4.93. The van der Waals surface area contributed by atoms with E-state index in [9.17, 15) is 9.59 Å². The highest BCUT2D eigenvalue weighted by atomic mass is 32.2. The van der Waals surface area contributed by atoms with Crippen LogP contribution in [0.2, 0.25) is 0 Å². The Hall–Kier alpha value is -2.67. The largest absolute Gasteiger partial charge is 0.353 e. The van der Waals surface area contributed by atoms with Crippen LogP contribution in [-0.2, 0) is 4.79 Å². The first-order valence-electron chi connectivity index (χ1n) is 9.49. The lowest BCUT2D eigenvalue weighted by Gasteiger charge is -2.14. The zero-order valence-electron chi connectivity index (χ0n) is 15.7. The number of benzene rings is 1. The summed E-state index contributed by atoms with van der Waals surface area (Å²) in [5, 5.41) is 4.09. The second-order valence-corrected chi connectivity index (χ2v) is 8.02. The molecule has 2 aromatic heterocycles. The topological polar surface area (TPSA) is 76.9 Å². The molecule has 0 aliphatic heterocycles. The maximum Gasteiger partial charge on any atom is 0.267 e. The van der Waals surface area contributed by atoms with E-state index < -0.39 is 0 Å². The second-order valence-electron chi connectivity index (χ2n) is 7.08. The number of carbonyl (C=O) groups is 1. The lowest BCUT2D eigenvalue weighted by molar-refractivity contribution is -0.119. The molecule has 4 rings (SSSR count). The normalized spacial score (nSPS) is 14.5. The van der Waals surface area contributed by atoms with Crippen molar-refractivity contribution in [2.24, 2.45) is 0 Å². The summed E-state index contributed by atoms with van der Waals surface area (Å²) >= 11 is 1.27. The van der Waals surface area contributed by atoms with Crippen LogP contribution in [0.4, 0.5) is 0 Å². The number of rotatable bonds is 5. The van der Waals surface area contributed by atoms with Gasteiger partial charge in [-0.15, -0.1) is 0 Å². The zero-order chi connectivity index (χ0) is 19.5. The zero-order valence-corrected chi connectivity index (χ0v) is 16.5. The molecule has 7 heteroatoms. The minimum atomic E-state index is -0.178. The van der Waals surface area contributed by atoms with Gasteiger partial charge in [0.1, 0.15) is 5.82 Å². The van der Waals surface area contributed by atoms with Crippen molar-refractivity contribution in [1.82, 2.24) is 19.9 Å². The van der Waals surface area contributed by atoms with Crippen LogP contribution in [0.3, 0.4) is 0 Å². The maximum absolute atomic E-state index is 13.2. The molecule has 0 unspecified atom stereocenters. The molecule has 6 nitrogen and oxygen atoms in total. The fourth-order valence-corrected chi connectivity index (χ4v) is 4.34. The molecule has 3 aromatic rings. The average Bonchev–Trinajstić information content (AvgIpc) is 3.19. The minimum Gasteiger partial charge on any atom is -0.353 e. The van der Waals surface area contributed by atoms with E-state index in [0.29, 0.717) is 21.9 Å². The number of fused-ring (bicyclic) bond motifs is 1. The highest BCUT2D eigenvalue weighted by Gasteiger charge is 2.19. The molecule has 1 aliphatic carbocycles. The summed E-state index contributed by atoms with van der Waals surface area (Å²) in [6.45, 7) is 1.95. The molecule has 0 spiro atoms. The monoisotopic (exact) mass is 394 g/mol. The third-order valence-corrected chi connectivity index (χ3v) is 5.87. The summed E-state index contributed by atoms with van der Waals surface area (Å²) in [5.74, 6) is 0.706. The number of thioether (sulfide) groups is 1. The molecular weight excluding hydrogens is 372 g/mol. The molecule has 0 saturated heterocycles. The lowest BCUT2D eigenvalue weighted by atomic mass is 10.2. The van der Waals surface area contributed by atoms with Crippen LogP contribution in [0.1, 0.15) is 31.2 Å². The van der Waals surface area contributed by atoms with Gasteiger partial charge in [0.2, 0.25) is 5.91 Å². The van der Waals surface area contributed by atoms with E-state index in [1.807, 2.05) is 37.3 Å². The van der Waals surface area contributed by atoms with Crippen molar-refractivity contribution in [3.8, 4) is 5.82 Å². The van der Waals surface area contributed by atoms with Crippen LogP contribution in [0.15, 0.2) is 52.5 Å². The number of nitrogens with one attached hydrogen (secondary N) is 1. The van der Waals surface area contributed by atoms with Crippen LogP contribution in [0, 0.1) is 6.92 Å². The van der Waals surface area contributed by atoms with Gasteiger partial charge in [-0.1, -0.05) is 36.7 Å². The molecule has 0 bridgehead atoms. The first-order chi connectivity index (χ1) is 13.6. The summed E-state index contributed by atoms with van der Waals surface area (Å²) in [7, 11) is 0. The van der Waals surface area contributed by atoms with Gasteiger partial charge in [0.05, 0.1) is 16.7 Å². The van der Waals surface area contributed by atoms with E-state index in [0.717, 1.165) is 18.4 Å². The Morgan fingerprint density at radius 2 is 2.04 bits per heavy atom. The van der Waals surface area contributed by atoms with Crippen LogP contribution in [-0.4, -0.2) is 32.2 Å². The highest BCUT2D eigenvalue weighted by molar-refractivity contribution is 7.99. The van der Waals surface area contributed by atoms with E-state index >= 15 is 0 Å². The number of hydrogen-bond acceptors (Lipinski definition) is 5. The fraction of sp³-hybridized carbons (Fsp3) is 0.333. The Morgan fingerprint density at radius 1 is 1.25 bits per heavy atom. The first kappa shape index (κ1) is 18.7. The van der Waals surface area contributed by atoms with E-state index in [1.165, 1.54) is 29.2 Å².